The second-order valence-electron chi connectivity index (χ2n) is 5.65. The number of rotatable bonds is 6. The van der Waals surface area contributed by atoms with Crippen LogP contribution in [0.1, 0.15) is 47.5 Å². The van der Waals surface area contributed by atoms with Gasteiger partial charge in [-0.15, -0.1) is 0 Å². The summed E-state index contributed by atoms with van der Waals surface area (Å²) in [4.78, 5) is 25.0. The Morgan fingerprint density at radius 2 is 1.61 bits per heavy atom. The number of carboxylic acids is 1. The van der Waals surface area contributed by atoms with Crippen LogP contribution in [0.5, 0.6) is 0 Å². The van der Waals surface area contributed by atoms with Crippen LogP contribution in [-0.2, 0) is 9.59 Å². The average Bonchev–Trinajstić information content (AvgIpc) is 2.27. The van der Waals surface area contributed by atoms with E-state index < -0.39 is 16.9 Å². The first-order valence-electron chi connectivity index (χ1n) is 6.38. The van der Waals surface area contributed by atoms with Crippen molar-refractivity contribution in [3.8, 4) is 0 Å². The van der Waals surface area contributed by atoms with Crippen LogP contribution in [0.3, 0.4) is 0 Å². The molecule has 0 aliphatic rings. The fraction of sp³-hybridized carbons (Fsp3) is 0.846. The van der Waals surface area contributed by atoms with Gasteiger partial charge in [-0.3, -0.25) is 9.59 Å². The van der Waals surface area contributed by atoms with Crippen LogP contribution in [0.2, 0.25) is 0 Å². The van der Waals surface area contributed by atoms with E-state index in [1.54, 1.807) is 0 Å². The van der Waals surface area contributed by atoms with Crippen LogP contribution < -0.4 is 5.73 Å². The molecule has 0 atom stereocenters. The lowest BCUT2D eigenvalue weighted by Crippen LogP contribution is -2.55. The van der Waals surface area contributed by atoms with Crippen LogP contribution in [0, 0.1) is 5.41 Å². The Kier molecular flexibility index (Phi) is 5.80. The van der Waals surface area contributed by atoms with Gasteiger partial charge in [-0.1, -0.05) is 13.8 Å². The summed E-state index contributed by atoms with van der Waals surface area (Å²) in [6, 6.07) is 0. The molecule has 5 nitrogen and oxygen atoms in total. The minimum atomic E-state index is -1.00. The Balaban J connectivity index is 5.36. The van der Waals surface area contributed by atoms with Crippen molar-refractivity contribution >= 4 is 11.9 Å². The molecule has 0 saturated heterocycles. The third-order valence-corrected chi connectivity index (χ3v) is 3.55. The van der Waals surface area contributed by atoms with Crippen molar-refractivity contribution in [3.05, 3.63) is 0 Å². The van der Waals surface area contributed by atoms with E-state index in [0.29, 0.717) is 12.8 Å². The lowest BCUT2D eigenvalue weighted by atomic mass is 9.80. The molecular weight excluding hydrogens is 232 g/mol. The SMILES string of the molecule is CCC(CC)(CN)C(=O)N(CC(=O)O)C(C)(C)C. The molecule has 3 N–H and O–H groups in total. The van der Waals surface area contributed by atoms with Crippen molar-refractivity contribution in [2.45, 2.75) is 53.0 Å². The highest BCUT2D eigenvalue weighted by atomic mass is 16.4. The number of hydrogen-bond donors (Lipinski definition) is 2. The number of carboxylic acid groups (broad SMARTS) is 1. The third-order valence-electron chi connectivity index (χ3n) is 3.55. The van der Waals surface area contributed by atoms with E-state index >= 15 is 0 Å². The van der Waals surface area contributed by atoms with E-state index in [2.05, 4.69) is 0 Å². The zero-order valence-corrected chi connectivity index (χ0v) is 12.1. The number of carbonyl (C=O) groups excluding carboxylic acids is 1. The largest absolute Gasteiger partial charge is 0.480 e. The fourth-order valence-electron chi connectivity index (χ4n) is 1.96. The van der Waals surface area contributed by atoms with E-state index in [0.717, 1.165) is 0 Å². The van der Waals surface area contributed by atoms with Crippen LogP contribution in [0.25, 0.3) is 0 Å². The second-order valence-corrected chi connectivity index (χ2v) is 5.65. The lowest BCUT2D eigenvalue weighted by Gasteiger charge is -2.41. The number of nitrogens with two attached hydrogens (primary N) is 1. The average molecular weight is 258 g/mol. The number of carbonyl (C=O) groups is 2. The van der Waals surface area contributed by atoms with Crippen LogP contribution >= 0.6 is 0 Å². The molecule has 1 amide bonds. The highest BCUT2D eigenvalue weighted by Crippen LogP contribution is 2.30. The summed E-state index contributed by atoms with van der Waals surface area (Å²) in [6.45, 7) is 9.28. The van der Waals surface area contributed by atoms with Crippen molar-refractivity contribution in [2.24, 2.45) is 11.1 Å². The minimum Gasteiger partial charge on any atom is -0.480 e. The summed E-state index contributed by atoms with van der Waals surface area (Å²) in [7, 11) is 0. The molecule has 0 aliphatic heterocycles. The van der Waals surface area contributed by atoms with Gasteiger partial charge in [0.05, 0.1) is 5.41 Å². The van der Waals surface area contributed by atoms with Gasteiger partial charge in [0.1, 0.15) is 6.54 Å². The van der Waals surface area contributed by atoms with Crippen molar-refractivity contribution in [1.82, 2.24) is 4.90 Å². The van der Waals surface area contributed by atoms with Gasteiger partial charge in [0.15, 0.2) is 0 Å². The first-order valence-corrected chi connectivity index (χ1v) is 6.38. The highest BCUT2D eigenvalue weighted by molar-refractivity contribution is 5.86. The Morgan fingerprint density at radius 3 is 1.83 bits per heavy atom. The molecule has 0 rings (SSSR count). The molecule has 0 aliphatic carbocycles. The second kappa shape index (κ2) is 6.18. The molecule has 0 unspecified atom stereocenters. The smallest absolute Gasteiger partial charge is 0.323 e. The third kappa shape index (κ3) is 3.70. The highest BCUT2D eigenvalue weighted by Gasteiger charge is 2.41. The van der Waals surface area contributed by atoms with Crippen LogP contribution in [0.15, 0.2) is 0 Å². The van der Waals surface area contributed by atoms with E-state index in [4.69, 9.17) is 10.8 Å². The maximum atomic E-state index is 12.6. The topological polar surface area (TPSA) is 83.6 Å². The number of amides is 1. The monoisotopic (exact) mass is 258 g/mol. The Labute approximate surface area is 109 Å². The van der Waals surface area contributed by atoms with Gasteiger partial charge in [0.2, 0.25) is 5.91 Å². The number of aliphatic carboxylic acids is 1. The molecule has 0 aromatic carbocycles. The molecule has 0 spiro atoms. The fourth-order valence-corrected chi connectivity index (χ4v) is 1.96. The van der Waals surface area contributed by atoms with Gasteiger partial charge in [-0.2, -0.15) is 0 Å². The predicted molar refractivity (Wildman–Crippen MR) is 71.2 cm³/mol. The predicted octanol–water partition coefficient (Wildman–Crippen LogP) is 1.46. The molecule has 0 saturated carbocycles. The molecule has 0 heterocycles. The zero-order chi connectivity index (χ0) is 14.6. The molecule has 0 aromatic heterocycles. The summed E-state index contributed by atoms with van der Waals surface area (Å²) < 4.78 is 0. The van der Waals surface area contributed by atoms with Crippen LogP contribution in [-0.4, -0.2) is 40.5 Å². The van der Waals surface area contributed by atoms with Crippen molar-refractivity contribution in [1.29, 1.82) is 0 Å². The molecule has 0 fully saturated rings. The van der Waals surface area contributed by atoms with Crippen molar-refractivity contribution in [2.75, 3.05) is 13.1 Å². The quantitative estimate of drug-likeness (QED) is 0.755. The number of hydrogen-bond acceptors (Lipinski definition) is 3. The van der Waals surface area contributed by atoms with Gasteiger partial charge in [-0.25, -0.2) is 0 Å². The van der Waals surface area contributed by atoms with Gasteiger partial charge >= 0.3 is 5.97 Å². The lowest BCUT2D eigenvalue weighted by molar-refractivity contribution is -0.155. The van der Waals surface area contributed by atoms with E-state index in [9.17, 15) is 9.59 Å². The summed E-state index contributed by atoms with van der Waals surface area (Å²) in [5.74, 6) is -1.17. The summed E-state index contributed by atoms with van der Waals surface area (Å²) in [5, 5.41) is 8.95. The Morgan fingerprint density at radius 1 is 1.17 bits per heavy atom. The van der Waals surface area contributed by atoms with Gasteiger partial charge in [0, 0.05) is 12.1 Å². The number of nitrogens with zero attached hydrogens (tertiary/aromatic N) is 1. The van der Waals surface area contributed by atoms with Gasteiger partial charge < -0.3 is 15.7 Å². The van der Waals surface area contributed by atoms with Crippen molar-refractivity contribution < 1.29 is 14.7 Å². The molecule has 0 bridgehead atoms. The summed E-state index contributed by atoms with van der Waals surface area (Å²) in [6.07, 6.45) is 1.23. The molecular formula is C13H26N2O3. The van der Waals surface area contributed by atoms with Gasteiger partial charge in [0.25, 0.3) is 0 Å². The van der Waals surface area contributed by atoms with Crippen LogP contribution in [0.4, 0.5) is 0 Å². The summed E-state index contributed by atoms with van der Waals surface area (Å²) >= 11 is 0. The molecule has 0 aromatic rings. The van der Waals surface area contributed by atoms with E-state index in [-0.39, 0.29) is 19.0 Å². The maximum absolute atomic E-state index is 12.6. The molecule has 106 valence electrons. The summed E-state index contributed by atoms with van der Waals surface area (Å²) in [5.41, 5.74) is 4.57. The maximum Gasteiger partial charge on any atom is 0.323 e. The Hall–Kier alpha value is -1.10. The van der Waals surface area contributed by atoms with E-state index in [1.165, 1.54) is 4.90 Å². The van der Waals surface area contributed by atoms with E-state index in [1.807, 2.05) is 34.6 Å². The normalized spacial score (nSPS) is 12.3. The zero-order valence-electron chi connectivity index (χ0n) is 12.1. The first kappa shape index (κ1) is 16.9. The first-order chi connectivity index (χ1) is 8.14. The Bertz CT molecular complexity index is 296. The molecule has 18 heavy (non-hydrogen) atoms. The standard InChI is InChI=1S/C13H26N2O3/c1-6-13(7-2,9-14)11(18)15(8-10(16)17)12(3,4)5/h6-9,14H2,1-5H3,(H,16,17). The minimum absolute atomic E-state index is 0.162. The molecule has 5 heteroatoms. The van der Waals surface area contributed by atoms with Gasteiger partial charge in [-0.05, 0) is 33.6 Å². The molecule has 0 radical (unpaired) electrons. The van der Waals surface area contributed by atoms with Crippen molar-refractivity contribution in [3.63, 3.8) is 0 Å².